The van der Waals surface area contributed by atoms with Crippen LogP contribution in [0.15, 0.2) is 206 Å². The summed E-state index contributed by atoms with van der Waals surface area (Å²) in [5.41, 5.74) is 13.0. The van der Waals surface area contributed by atoms with Gasteiger partial charge in [0, 0.05) is 44.9 Å². The molecule has 0 fully saturated rings. The van der Waals surface area contributed by atoms with E-state index in [-0.39, 0.29) is 22.3 Å². The first kappa shape index (κ1) is 40.6. The molecular formula is C60H34N8. The third-order valence-corrected chi connectivity index (χ3v) is 12.3. The van der Waals surface area contributed by atoms with Crippen molar-refractivity contribution in [2.45, 2.75) is 0 Å². The van der Waals surface area contributed by atoms with Gasteiger partial charge in [-0.25, -0.2) is 9.97 Å². The van der Waals surface area contributed by atoms with Crippen LogP contribution in [0, 0.1) is 45.3 Å². The summed E-state index contributed by atoms with van der Waals surface area (Å²) < 4.78 is 0. The van der Waals surface area contributed by atoms with Gasteiger partial charge < -0.3 is 9.80 Å². The lowest BCUT2D eigenvalue weighted by atomic mass is 9.91. The zero-order valence-corrected chi connectivity index (χ0v) is 36.2. The summed E-state index contributed by atoms with van der Waals surface area (Å²) in [6.45, 7) is 0. The first-order valence-corrected chi connectivity index (χ1v) is 21.9. The minimum atomic E-state index is 0.201. The summed E-state index contributed by atoms with van der Waals surface area (Å²) in [5.74, 6) is 0. The Bertz CT molecular complexity index is 3590. The summed E-state index contributed by atoms with van der Waals surface area (Å²) in [5, 5.41) is 42.9. The molecular weight excluding hydrogens is 833 g/mol. The molecule has 0 N–H and O–H groups in total. The second kappa shape index (κ2) is 17.1. The zero-order valence-electron chi connectivity index (χ0n) is 36.2. The lowest BCUT2D eigenvalue weighted by Crippen LogP contribution is -2.09. The molecule has 0 amide bonds. The second-order valence-corrected chi connectivity index (χ2v) is 16.2. The van der Waals surface area contributed by atoms with Gasteiger partial charge in [-0.15, -0.1) is 0 Å². The monoisotopic (exact) mass is 866 g/mol. The Morgan fingerprint density at radius 2 is 0.559 bits per heavy atom. The molecule has 10 aromatic carbocycles. The molecule has 0 radical (unpaired) electrons. The Hall–Kier alpha value is -10.1. The van der Waals surface area contributed by atoms with E-state index in [4.69, 9.17) is 9.97 Å². The van der Waals surface area contributed by atoms with Crippen molar-refractivity contribution in [2.24, 2.45) is 0 Å². The number of fused-ring (bicyclic) bond motifs is 7. The van der Waals surface area contributed by atoms with Gasteiger partial charge in [0.15, 0.2) is 0 Å². The molecule has 1 heterocycles. The Morgan fingerprint density at radius 3 is 0.838 bits per heavy atom. The fraction of sp³-hybridized carbons (Fsp3) is 0. The Labute approximate surface area is 391 Å². The van der Waals surface area contributed by atoms with Crippen molar-refractivity contribution < 1.29 is 0 Å². The predicted octanol–water partition coefficient (Wildman–Crippen LogP) is 14.8. The van der Waals surface area contributed by atoms with Gasteiger partial charge in [-0.1, -0.05) is 97.1 Å². The van der Waals surface area contributed by atoms with Crippen LogP contribution in [0.25, 0.3) is 65.9 Å². The molecule has 0 saturated heterocycles. The van der Waals surface area contributed by atoms with E-state index in [0.29, 0.717) is 43.6 Å². The number of anilines is 6. The quantitative estimate of drug-likeness (QED) is 0.109. The number of benzene rings is 10. The van der Waals surface area contributed by atoms with Crippen LogP contribution in [-0.4, -0.2) is 9.97 Å². The van der Waals surface area contributed by atoms with E-state index in [2.05, 4.69) is 143 Å². The number of rotatable bonds is 8. The van der Waals surface area contributed by atoms with Gasteiger partial charge in [0.2, 0.25) is 0 Å². The Kier molecular flexibility index (Phi) is 10.2. The van der Waals surface area contributed by atoms with Gasteiger partial charge >= 0.3 is 0 Å². The number of para-hydroxylation sites is 4. The maximum absolute atomic E-state index is 10.1. The lowest BCUT2D eigenvalue weighted by molar-refractivity contribution is 1.28. The molecule has 0 aliphatic rings. The van der Waals surface area contributed by atoms with Crippen LogP contribution in [0.5, 0.6) is 0 Å². The molecule has 0 spiro atoms. The van der Waals surface area contributed by atoms with Crippen molar-refractivity contribution in [3.05, 3.63) is 229 Å². The van der Waals surface area contributed by atoms with E-state index >= 15 is 0 Å². The van der Waals surface area contributed by atoms with Gasteiger partial charge in [-0.05, 0) is 142 Å². The molecule has 0 saturated carbocycles. The Balaban J connectivity index is 1.15. The molecule has 68 heavy (non-hydrogen) atoms. The van der Waals surface area contributed by atoms with Crippen LogP contribution in [0.1, 0.15) is 22.3 Å². The van der Waals surface area contributed by atoms with Crippen molar-refractivity contribution >= 4 is 77.7 Å². The fourth-order valence-electron chi connectivity index (χ4n) is 9.15. The molecule has 0 bridgehead atoms. The third kappa shape index (κ3) is 7.11. The number of nitrogens with zero attached hydrogens (tertiary/aromatic N) is 8. The average Bonchev–Trinajstić information content (AvgIpc) is 3.41. The standard InChI is InChI=1S/C60H34N8/c61-35-41-29-53-54-30-42(36-62)44(38-64)32-56(54)60-59(55(53)31-43(41)37-63)65-57-33-51(39-21-25-49(26-22-39)67(45-13-5-1-6-14-45)46-15-7-2-8-16-46)52(34-58(57)66-60)40-23-27-50(28-24-40)68(47-17-9-3-10-18-47)48-19-11-4-12-20-48/h1-34H. The van der Waals surface area contributed by atoms with Crippen molar-refractivity contribution in [1.82, 2.24) is 9.97 Å². The molecule has 1 aromatic heterocycles. The van der Waals surface area contributed by atoms with Crippen LogP contribution in [0.2, 0.25) is 0 Å². The molecule has 0 atom stereocenters. The number of hydrogen-bond acceptors (Lipinski definition) is 8. The number of hydrogen-bond donors (Lipinski definition) is 0. The highest BCUT2D eigenvalue weighted by Gasteiger charge is 2.21. The smallest absolute Gasteiger partial charge is 0.101 e. The number of nitriles is 4. The molecule has 11 aromatic rings. The highest BCUT2D eigenvalue weighted by molar-refractivity contribution is 6.25. The summed E-state index contributed by atoms with van der Waals surface area (Å²) in [6, 6.07) is 77.7. The molecule has 11 rings (SSSR count). The topological polar surface area (TPSA) is 127 Å². The molecule has 0 unspecified atom stereocenters. The van der Waals surface area contributed by atoms with Crippen molar-refractivity contribution in [3.8, 4) is 46.5 Å². The predicted molar refractivity (Wildman–Crippen MR) is 271 cm³/mol. The van der Waals surface area contributed by atoms with Crippen molar-refractivity contribution in [3.63, 3.8) is 0 Å². The Morgan fingerprint density at radius 1 is 0.294 bits per heavy atom. The fourth-order valence-corrected chi connectivity index (χ4v) is 9.15. The summed E-state index contributed by atoms with van der Waals surface area (Å²) in [6.07, 6.45) is 0. The van der Waals surface area contributed by atoms with Crippen LogP contribution in [0.3, 0.4) is 0 Å². The maximum atomic E-state index is 10.1. The van der Waals surface area contributed by atoms with Crippen molar-refractivity contribution in [2.75, 3.05) is 9.80 Å². The lowest BCUT2D eigenvalue weighted by Gasteiger charge is -2.26. The maximum Gasteiger partial charge on any atom is 0.101 e. The molecule has 8 nitrogen and oxygen atoms in total. The zero-order chi connectivity index (χ0) is 46.1. The van der Waals surface area contributed by atoms with E-state index in [0.717, 1.165) is 56.4 Å². The van der Waals surface area contributed by atoms with Crippen LogP contribution in [-0.2, 0) is 0 Å². The highest BCUT2D eigenvalue weighted by atomic mass is 15.1. The van der Waals surface area contributed by atoms with Crippen LogP contribution in [0.4, 0.5) is 34.1 Å². The first-order valence-electron chi connectivity index (χ1n) is 21.9. The minimum Gasteiger partial charge on any atom is -0.311 e. The van der Waals surface area contributed by atoms with E-state index in [1.165, 1.54) is 0 Å². The summed E-state index contributed by atoms with van der Waals surface area (Å²) in [7, 11) is 0. The SMILES string of the molecule is N#Cc1cc2c3cc(C#N)c(C#N)cc3c3nc4cc(-c5ccc(N(c6ccccc6)c6ccccc6)cc5)c(-c5ccc(N(c6ccccc6)c6ccccc6)cc5)cc4nc3c2cc1C#N. The van der Waals surface area contributed by atoms with E-state index in [9.17, 15) is 21.0 Å². The van der Waals surface area contributed by atoms with E-state index in [1.54, 1.807) is 24.3 Å². The average molecular weight is 867 g/mol. The largest absolute Gasteiger partial charge is 0.311 e. The highest BCUT2D eigenvalue weighted by Crippen LogP contribution is 2.43. The summed E-state index contributed by atoms with van der Waals surface area (Å²) in [4.78, 5) is 15.1. The van der Waals surface area contributed by atoms with Crippen LogP contribution >= 0.6 is 0 Å². The van der Waals surface area contributed by atoms with Gasteiger partial charge in [-0.3, -0.25) is 0 Å². The van der Waals surface area contributed by atoms with Gasteiger partial charge in [0.1, 0.15) is 24.3 Å². The number of aromatic nitrogens is 2. The van der Waals surface area contributed by atoms with Crippen LogP contribution < -0.4 is 9.80 Å². The van der Waals surface area contributed by atoms with E-state index in [1.807, 2.05) is 72.8 Å². The third-order valence-electron chi connectivity index (χ3n) is 12.3. The summed E-state index contributed by atoms with van der Waals surface area (Å²) >= 11 is 0. The van der Waals surface area contributed by atoms with Gasteiger partial charge in [-0.2, -0.15) is 21.0 Å². The molecule has 8 heteroatoms. The van der Waals surface area contributed by atoms with E-state index < -0.39 is 0 Å². The molecule has 314 valence electrons. The van der Waals surface area contributed by atoms with Gasteiger partial charge in [0.25, 0.3) is 0 Å². The van der Waals surface area contributed by atoms with Crippen molar-refractivity contribution in [1.29, 1.82) is 21.0 Å². The normalized spacial score (nSPS) is 10.9. The van der Waals surface area contributed by atoms with Gasteiger partial charge in [0.05, 0.1) is 44.3 Å². The molecule has 0 aliphatic carbocycles. The minimum absolute atomic E-state index is 0.201. The second-order valence-electron chi connectivity index (χ2n) is 16.2. The molecule has 0 aliphatic heterocycles. The first-order chi connectivity index (χ1) is 33.5.